The zero-order valence-electron chi connectivity index (χ0n) is 46.4. The summed E-state index contributed by atoms with van der Waals surface area (Å²) in [7, 11) is 0. The number of nitrogens with two attached hydrogens (primary N) is 1. The number of benzene rings is 3. The monoisotopic (exact) mass is 1130 g/mol. The topological polar surface area (TPSA) is 227 Å². The normalized spacial score (nSPS) is 16.4. The summed E-state index contributed by atoms with van der Waals surface area (Å²) in [6.07, 6.45) is -0.964. The average Bonchev–Trinajstić information content (AvgIpc) is 4.09. The molecule has 4 amide bonds. The fourth-order valence-corrected chi connectivity index (χ4v) is 10.0. The van der Waals surface area contributed by atoms with Crippen molar-refractivity contribution in [1.29, 1.82) is 0 Å². The van der Waals surface area contributed by atoms with E-state index >= 15 is 0 Å². The molecule has 2 atom stereocenters. The minimum atomic E-state index is -4.85. The highest BCUT2D eigenvalue weighted by atomic mass is 32.1. The molecule has 5 N–H and O–H groups in total. The van der Waals surface area contributed by atoms with Gasteiger partial charge in [-0.2, -0.15) is 0 Å². The number of aliphatic hydroxyl groups is 1. The number of hydrogen-bond donors (Lipinski definition) is 4. The number of alkyl halides is 3. The number of nitrogens with one attached hydrogen (secondary N) is 2. The van der Waals surface area contributed by atoms with E-state index in [-0.39, 0.29) is 60.5 Å². The van der Waals surface area contributed by atoms with E-state index in [0.29, 0.717) is 78.5 Å². The molecule has 80 heavy (non-hydrogen) atoms. The fourth-order valence-electron chi connectivity index (χ4n) is 9.22. The summed E-state index contributed by atoms with van der Waals surface area (Å²) < 4.78 is 58.5. The zero-order valence-corrected chi connectivity index (χ0v) is 47.2. The second-order valence-electron chi connectivity index (χ2n) is 20.4. The Morgan fingerprint density at radius 1 is 0.825 bits per heavy atom. The number of aromatic nitrogens is 3. The van der Waals surface area contributed by atoms with Gasteiger partial charge in [-0.05, 0) is 80.5 Å². The molecular weight excluding hydrogens is 1060 g/mol. The van der Waals surface area contributed by atoms with Crippen LogP contribution in [0, 0.1) is 12.8 Å². The van der Waals surface area contributed by atoms with Gasteiger partial charge in [-0.15, -0.1) is 24.5 Å². The summed E-state index contributed by atoms with van der Waals surface area (Å²) in [5, 5.41) is 15.8. The Balaban J connectivity index is 0.000000410. The standard InChI is InChI=1S/C40H53F3N8O8.C13H14N2OS.C4H10/c41-40(42,43)59-31-2-4-32(34(44)24-31)39(55)50-9-5-28(6-10-50)38-33-3-1-29(23-35(33)46-27-47-38)49-14-12-48(13-15-49)16-18-57-20-22-58-21-19-56-17-8-36(53)45-25-37(54)51-11-7-30(52)26-51;1-9(14-7-16)11-3-5-12(6-4-11)13-10(2)15-8-17-13;1-4(2)3/h1-4,23-24,27-28,30,52H,5-22,25-26,44H2,(H,45,53);3-9H,1-2H3,(H,14,16);4H,1-3H3/t;9-;/m.0./s1. The summed E-state index contributed by atoms with van der Waals surface area (Å²) in [6.45, 7) is 19.0. The lowest BCUT2D eigenvalue weighted by atomic mass is 9.90. The first-order chi connectivity index (χ1) is 38.4. The van der Waals surface area contributed by atoms with Gasteiger partial charge < -0.3 is 55.1 Å². The number of fused-ring (bicyclic) bond motifs is 1. The summed E-state index contributed by atoms with van der Waals surface area (Å²) >= 11 is 1.64. The van der Waals surface area contributed by atoms with Gasteiger partial charge in [0.25, 0.3) is 5.91 Å². The molecule has 3 fully saturated rings. The number of thiazole rings is 1. The van der Waals surface area contributed by atoms with Crippen LogP contribution in [0.25, 0.3) is 21.3 Å². The number of carbonyl (C=O) groups is 4. The summed E-state index contributed by atoms with van der Waals surface area (Å²) in [6, 6.07) is 17.9. The van der Waals surface area contributed by atoms with Gasteiger partial charge in [0, 0.05) is 94.1 Å². The molecule has 5 heterocycles. The minimum absolute atomic E-state index is 0.0455. The zero-order chi connectivity index (χ0) is 57.6. The van der Waals surface area contributed by atoms with E-state index in [2.05, 4.69) is 91.2 Å². The van der Waals surface area contributed by atoms with Crippen molar-refractivity contribution >= 4 is 57.7 Å². The summed E-state index contributed by atoms with van der Waals surface area (Å²) in [5.74, 6) is -0.319. The molecule has 0 saturated carbocycles. The SMILES string of the molecule is CC(C)C.Cc1ncsc1-c1ccc([C@H](C)NC=O)cc1.Nc1cc(OC(F)(F)F)ccc1C(=O)N1CCC(c2ncnc3cc(N4CCN(CCOCCOCCOCCC(=O)NCC(=O)N5CCC(O)C5)CC4)ccc23)CC1. The molecular formula is C57H77F3N10O9S. The highest BCUT2D eigenvalue weighted by Crippen LogP contribution is 2.34. The van der Waals surface area contributed by atoms with Crippen LogP contribution in [0.5, 0.6) is 5.75 Å². The van der Waals surface area contributed by atoms with Crippen molar-refractivity contribution in [3.8, 4) is 16.2 Å². The van der Waals surface area contributed by atoms with Crippen LogP contribution >= 0.6 is 11.3 Å². The van der Waals surface area contributed by atoms with Gasteiger partial charge in [0.1, 0.15) is 12.1 Å². The largest absolute Gasteiger partial charge is 0.573 e. The van der Waals surface area contributed by atoms with Gasteiger partial charge in [-0.25, -0.2) is 15.0 Å². The van der Waals surface area contributed by atoms with E-state index in [4.69, 9.17) is 19.9 Å². The van der Waals surface area contributed by atoms with Gasteiger partial charge in [0.2, 0.25) is 18.2 Å². The molecule has 8 rings (SSSR count). The Morgan fingerprint density at radius 2 is 1.49 bits per heavy atom. The number of aliphatic hydroxyl groups excluding tert-OH is 1. The van der Waals surface area contributed by atoms with Crippen molar-refractivity contribution in [2.24, 2.45) is 5.92 Å². The lowest BCUT2D eigenvalue weighted by molar-refractivity contribution is -0.274. The maximum atomic E-state index is 13.2. The molecule has 1 unspecified atom stereocenters. The number of piperidine rings is 1. The maximum Gasteiger partial charge on any atom is 0.573 e. The van der Waals surface area contributed by atoms with Gasteiger partial charge in [-0.1, -0.05) is 45.0 Å². The third-order valence-corrected chi connectivity index (χ3v) is 14.5. The van der Waals surface area contributed by atoms with Crippen LogP contribution in [0.1, 0.15) is 92.6 Å². The Morgan fingerprint density at radius 3 is 2.10 bits per heavy atom. The fraction of sp³-hybridized carbons (Fsp3) is 0.526. The van der Waals surface area contributed by atoms with Crippen LogP contribution in [-0.4, -0.2) is 176 Å². The van der Waals surface area contributed by atoms with Crippen molar-refractivity contribution in [3.05, 3.63) is 95.0 Å². The Hall–Kier alpha value is -6.50. The van der Waals surface area contributed by atoms with Crippen LogP contribution < -0.4 is 26.0 Å². The number of likely N-dealkylation sites (tertiary alicyclic amines) is 2. The van der Waals surface area contributed by atoms with E-state index in [0.717, 1.165) is 90.7 Å². The van der Waals surface area contributed by atoms with E-state index in [1.165, 1.54) is 16.5 Å². The van der Waals surface area contributed by atoms with Gasteiger partial charge in [0.15, 0.2) is 0 Å². The highest BCUT2D eigenvalue weighted by Gasteiger charge is 2.32. The summed E-state index contributed by atoms with van der Waals surface area (Å²) in [5.41, 5.74) is 14.1. The molecule has 2 aromatic heterocycles. The first kappa shape index (κ1) is 62.7. The number of β-amino-alcohol motifs (C(OH)–C–C–N with tert-alkyl or cyclic N) is 1. The number of hydrogen-bond acceptors (Lipinski definition) is 16. The number of aryl methyl sites for hydroxylation is 1. The van der Waals surface area contributed by atoms with Crippen LogP contribution in [0.2, 0.25) is 0 Å². The minimum Gasteiger partial charge on any atom is -0.406 e. The van der Waals surface area contributed by atoms with E-state index < -0.39 is 18.2 Å². The first-order valence-corrected chi connectivity index (χ1v) is 28.1. The predicted octanol–water partition coefficient (Wildman–Crippen LogP) is 6.99. The van der Waals surface area contributed by atoms with Crippen LogP contribution in [0.3, 0.4) is 0 Å². The number of nitrogen functional groups attached to an aromatic ring is 1. The quantitative estimate of drug-likeness (QED) is 0.0311. The molecule has 0 aliphatic carbocycles. The second-order valence-corrected chi connectivity index (χ2v) is 21.3. The van der Waals surface area contributed by atoms with Crippen LogP contribution in [0.15, 0.2) is 72.5 Å². The van der Waals surface area contributed by atoms with Crippen molar-refractivity contribution < 1.29 is 56.4 Å². The molecule has 436 valence electrons. The van der Waals surface area contributed by atoms with Crippen molar-refractivity contribution in [1.82, 2.24) is 40.3 Å². The number of amides is 4. The first-order valence-electron chi connectivity index (χ1n) is 27.2. The molecule has 0 spiro atoms. The van der Waals surface area contributed by atoms with Crippen LogP contribution in [-0.2, 0) is 28.6 Å². The van der Waals surface area contributed by atoms with Gasteiger partial charge in [0.05, 0.1) is 91.2 Å². The average molecular weight is 1140 g/mol. The Kier molecular flexibility index (Phi) is 24.7. The van der Waals surface area contributed by atoms with Crippen molar-refractivity contribution in [3.63, 3.8) is 0 Å². The number of anilines is 2. The third-order valence-electron chi connectivity index (χ3n) is 13.5. The Bertz CT molecular complexity index is 2740. The number of piperazine rings is 1. The highest BCUT2D eigenvalue weighted by molar-refractivity contribution is 7.13. The second kappa shape index (κ2) is 31.5. The van der Waals surface area contributed by atoms with E-state index in [1.807, 2.05) is 31.5 Å². The number of rotatable bonds is 22. The van der Waals surface area contributed by atoms with Crippen LogP contribution in [0.4, 0.5) is 24.5 Å². The molecule has 3 saturated heterocycles. The number of ether oxygens (including phenoxy) is 4. The number of halogens is 3. The predicted molar refractivity (Wildman–Crippen MR) is 301 cm³/mol. The third kappa shape index (κ3) is 19.9. The van der Waals surface area contributed by atoms with E-state index in [9.17, 15) is 37.5 Å². The van der Waals surface area contributed by atoms with Crippen molar-refractivity contribution in [2.75, 3.05) is 116 Å². The molecule has 3 aliphatic heterocycles. The van der Waals surface area contributed by atoms with E-state index in [1.54, 1.807) is 27.5 Å². The molecule has 0 bridgehead atoms. The molecule has 23 heteroatoms. The molecule has 19 nitrogen and oxygen atoms in total. The number of nitrogens with zero attached hydrogens (tertiary/aromatic N) is 7. The molecule has 5 aromatic rings. The Labute approximate surface area is 470 Å². The number of carbonyl (C=O) groups excluding carboxylic acids is 4. The molecule has 0 radical (unpaired) electrons. The smallest absolute Gasteiger partial charge is 0.406 e. The lowest BCUT2D eigenvalue weighted by Crippen LogP contribution is -2.47. The maximum absolute atomic E-state index is 13.2. The molecule has 3 aromatic carbocycles. The molecule has 3 aliphatic rings. The van der Waals surface area contributed by atoms with Gasteiger partial charge >= 0.3 is 6.36 Å². The van der Waals surface area contributed by atoms with Gasteiger partial charge in [-0.3, -0.25) is 24.1 Å². The van der Waals surface area contributed by atoms with Crippen molar-refractivity contribution in [2.45, 2.75) is 84.7 Å². The lowest BCUT2D eigenvalue weighted by Gasteiger charge is -2.36. The summed E-state index contributed by atoms with van der Waals surface area (Å²) in [4.78, 5) is 70.1.